The molecule has 4 heterocycles. The minimum absolute atomic E-state index is 0.0260. The molecule has 0 spiro atoms. The Bertz CT molecular complexity index is 1720. The van der Waals surface area contributed by atoms with E-state index in [9.17, 15) is 18.0 Å². The summed E-state index contributed by atoms with van der Waals surface area (Å²) in [6.45, 7) is 3.08. The molecule has 0 radical (unpaired) electrons. The molecule has 0 aliphatic carbocycles. The highest BCUT2D eigenvalue weighted by Crippen LogP contribution is 2.19. The highest BCUT2D eigenvalue weighted by atomic mass is 32.2. The molecule has 1 aromatic carbocycles. The van der Waals surface area contributed by atoms with Crippen molar-refractivity contribution in [2.75, 3.05) is 26.3 Å². The molecule has 0 N–H and O–H groups in total. The fraction of sp³-hybridized carbons (Fsp3) is 0.269. The molecular weight excluding hydrogens is 512 g/mol. The van der Waals surface area contributed by atoms with Gasteiger partial charge in [0.05, 0.1) is 29.5 Å². The van der Waals surface area contributed by atoms with Crippen molar-refractivity contribution in [2.45, 2.75) is 24.8 Å². The van der Waals surface area contributed by atoms with Gasteiger partial charge in [-0.25, -0.2) is 13.2 Å². The molecular formula is C26H24N4O5S2. The summed E-state index contributed by atoms with van der Waals surface area (Å²) < 4.78 is 35.0. The maximum atomic E-state index is 13.2. The van der Waals surface area contributed by atoms with E-state index in [1.165, 1.54) is 32.2 Å². The molecule has 0 unspecified atom stereocenters. The van der Waals surface area contributed by atoms with Gasteiger partial charge >= 0.3 is 5.69 Å². The van der Waals surface area contributed by atoms with Crippen LogP contribution in [-0.2, 0) is 27.7 Å². The summed E-state index contributed by atoms with van der Waals surface area (Å²) >= 11 is 1.30. The van der Waals surface area contributed by atoms with Gasteiger partial charge in [-0.15, -0.1) is 11.3 Å². The Morgan fingerprint density at radius 2 is 1.73 bits per heavy atom. The molecule has 1 fully saturated rings. The van der Waals surface area contributed by atoms with E-state index in [0.717, 1.165) is 10.1 Å². The van der Waals surface area contributed by atoms with Crippen LogP contribution in [0.1, 0.15) is 21.6 Å². The Morgan fingerprint density at radius 1 is 1.03 bits per heavy atom. The van der Waals surface area contributed by atoms with Crippen LogP contribution in [-0.4, -0.2) is 53.0 Å². The molecule has 11 heteroatoms. The molecule has 4 aromatic rings. The van der Waals surface area contributed by atoms with E-state index in [1.807, 2.05) is 12.1 Å². The minimum Gasteiger partial charge on any atom is -0.379 e. The van der Waals surface area contributed by atoms with Crippen molar-refractivity contribution in [1.82, 2.24) is 18.3 Å². The van der Waals surface area contributed by atoms with Crippen LogP contribution in [0.3, 0.4) is 0 Å². The van der Waals surface area contributed by atoms with Crippen LogP contribution in [0.4, 0.5) is 0 Å². The van der Waals surface area contributed by atoms with Crippen molar-refractivity contribution in [3.8, 4) is 11.8 Å². The van der Waals surface area contributed by atoms with Gasteiger partial charge in [0.15, 0.2) is 0 Å². The van der Waals surface area contributed by atoms with Crippen LogP contribution in [0.25, 0.3) is 4.83 Å². The van der Waals surface area contributed by atoms with Gasteiger partial charge in [0.25, 0.3) is 5.56 Å². The van der Waals surface area contributed by atoms with Crippen molar-refractivity contribution in [1.29, 1.82) is 0 Å². The second-order valence-electron chi connectivity index (χ2n) is 8.56. The zero-order valence-corrected chi connectivity index (χ0v) is 21.7. The number of ether oxygens (including phenoxy) is 1. The molecule has 9 nitrogen and oxygen atoms in total. The van der Waals surface area contributed by atoms with Gasteiger partial charge in [-0.2, -0.15) is 4.31 Å². The van der Waals surface area contributed by atoms with Crippen LogP contribution < -0.4 is 11.2 Å². The first-order valence-electron chi connectivity index (χ1n) is 11.6. The van der Waals surface area contributed by atoms with Gasteiger partial charge in [0.2, 0.25) is 10.0 Å². The number of morpholine rings is 1. The van der Waals surface area contributed by atoms with Crippen LogP contribution in [0.15, 0.2) is 69.5 Å². The van der Waals surface area contributed by atoms with Crippen LogP contribution >= 0.6 is 11.3 Å². The van der Waals surface area contributed by atoms with E-state index in [0.29, 0.717) is 53.6 Å². The van der Waals surface area contributed by atoms with Gasteiger partial charge < -0.3 is 4.74 Å². The number of pyridine rings is 1. The number of thiazole rings is 1. The summed E-state index contributed by atoms with van der Waals surface area (Å²) in [5, 5.41) is 0. The topological polar surface area (TPSA) is 103 Å². The summed E-state index contributed by atoms with van der Waals surface area (Å²) in [7, 11) is -3.62. The van der Waals surface area contributed by atoms with Crippen molar-refractivity contribution in [3.05, 3.63) is 97.4 Å². The first-order valence-corrected chi connectivity index (χ1v) is 13.9. The molecule has 0 saturated carbocycles. The van der Waals surface area contributed by atoms with Crippen molar-refractivity contribution in [2.24, 2.45) is 0 Å². The van der Waals surface area contributed by atoms with E-state index >= 15 is 0 Å². The molecule has 3 aromatic heterocycles. The standard InChI is InChI=1S/C26H24N4O5S2/c1-19-24(31)29(17-21-5-7-23(8-6-21)37(33,34)28-13-15-35-16-14-28)26(32)30-18-22(36-25(19)30)4-2-3-20-9-11-27-12-10-20/h5-12,18H,3,13-17H2,1H3. The van der Waals surface area contributed by atoms with Gasteiger partial charge in [0, 0.05) is 43.7 Å². The Labute approximate surface area is 217 Å². The van der Waals surface area contributed by atoms with Gasteiger partial charge in [-0.1, -0.05) is 24.0 Å². The van der Waals surface area contributed by atoms with Crippen molar-refractivity contribution >= 4 is 26.2 Å². The number of hydrogen-bond acceptors (Lipinski definition) is 7. The number of aromatic nitrogens is 3. The maximum Gasteiger partial charge on any atom is 0.336 e. The molecule has 1 saturated heterocycles. The predicted octanol–water partition coefficient (Wildman–Crippen LogP) is 1.89. The van der Waals surface area contributed by atoms with Gasteiger partial charge in [-0.3, -0.25) is 18.7 Å². The summed E-state index contributed by atoms with van der Waals surface area (Å²) in [6.07, 6.45) is 5.63. The number of hydrogen-bond donors (Lipinski definition) is 0. The first-order chi connectivity index (χ1) is 17.8. The Kier molecular flexibility index (Phi) is 7.08. The molecule has 37 heavy (non-hydrogen) atoms. The number of fused-ring (bicyclic) bond motifs is 1. The molecule has 1 aliphatic rings. The Hall–Kier alpha value is -3.56. The average Bonchev–Trinajstić information content (AvgIpc) is 3.36. The molecule has 5 rings (SSSR count). The lowest BCUT2D eigenvalue weighted by Crippen LogP contribution is -2.40. The molecule has 1 aliphatic heterocycles. The average molecular weight is 537 g/mol. The quantitative estimate of drug-likeness (QED) is 0.361. The Morgan fingerprint density at radius 3 is 2.43 bits per heavy atom. The monoisotopic (exact) mass is 536 g/mol. The fourth-order valence-electron chi connectivity index (χ4n) is 4.08. The SMILES string of the molecule is Cc1c(=O)n(Cc2ccc(S(=O)(=O)N3CCOCC3)cc2)c(=O)n2cc(C#CCc3ccncc3)sc12. The molecule has 190 valence electrons. The number of rotatable bonds is 5. The number of benzene rings is 1. The zero-order valence-electron chi connectivity index (χ0n) is 20.1. The van der Waals surface area contributed by atoms with E-state index in [2.05, 4.69) is 16.8 Å². The summed E-state index contributed by atoms with van der Waals surface area (Å²) in [5.41, 5.74) is 1.30. The zero-order chi connectivity index (χ0) is 26.0. The van der Waals surface area contributed by atoms with Crippen molar-refractivity contribution in [3.63, 3.8) is 0 Å². The second kappa shape index (κ2) is 10.4. The third kappa shape index (κ3) is 5.14. The van der Waals surface area contributed by atoms with Crippen LogP contribution in [0, 0.1) is 18.8 Å². The normalized spacial score (nSPS) is 14.4. The maximum absolute atomic E-state index is 13.2. The van der Waals surface area contributed by atoms with Crippen molar-refractivity contribution < 1.29 is 13.2 Å². The van der Waals surface area contributed by atoms with E-state index in [1.54, 1.807) is 37.6 Å². The highest BCUT2D eigenvalue weighted by molar-refractivity contribution is 7.89. The summed E-state index contributed by atoms with van der Waals surface area (Å²) in [5.74, 6) is 6.18. The third-order valence-corrected chi connectivity index (χ3v) is 9.16. The molecule has 0 atom stereocenters. The molecule has 0 amide bonds. The lowest BCUT2D eigenvalue weighted by Gasteiger charge is -2.26. The van der Waals surface area contributed by atoms with Crippen LogP contribution in [0.2, 0.25) is 0 Å². The van der Waals surface area contributed by atoms with Gasteiger partial charge in [0.1, 0.15) is 4.83 Å². The highest BCUT2D eigenvalue weighted by Gasteiger charge is 2.26. The van der Waals surface area contributed by atoms with Crippen LogP contribution in [0.5, 0.6) is 0 Å². The number of sulfonamides is 1. The summed E-state index contributed by atoms with van der Waals surface area (Å²) in [6, 6.07) is 10.1. The number of nitrogens with zero attached hydrogens (tertiary/aromatic N) is 4. The first kappa shape index (κ1) is 25.1. The number of aryl methyl sites for hydroxylation is 1. The lowest BCUT2D eigenvalue weighted by atomic mass is 10.2. The lowest BCUT2D eigenvalue weighted by molar-refractivity contribution is 0.0730. The van der Waals surface area contributed by atoms with E-state index in [4.69, 9.17) is 4.74 Å². The summed E-state index contributed by atoms with van der Waals surface area (Å²) in [4.78, 5) is 31.7. The fourth-order valence-corrected chi connectivity index (χ4v) is 6.45. The van der Waals surface area contributed by atoms with E-state index < -0.39 is 15.7 Å². The van der Waals surface area contributed by atoms with E-state index in [-0.39, 0.29) is 17.0 Å². The molecule has 0 bridgehead atoms. The van der Waals surface area contributed by atoms with Gasteiger partial charge in [-0.05, 0) is 42.3 Å². The minimum atomic E-state index is -3.62. The second-order valence-corrected chi connectivity index (χ2v) is 11.5. The Balaban J connectivity index is 1.41. The predicted molar refractivity (Wildman–Crippen MR) is 140 cm³/mol. The third-order valence-electron chi connectivity index (χ3n) is 6.12. The smallest absolute Gasteiger partial charge is 0.336 e. The largest absolute Gasteiger partial charge is 0.379 e.